The van der Waals surface area contributed by atoms with Gasteiger partial charge in [-0.2, -0.15) is 0 Å². The average molecular weight is 226 g/mol. The molecule has 3 N–H and O–H groups in total. The van der Waals surface area contributed by atoms with Crippen LogP contribution in [0.25, 0.3) is 0 Å². The first-order valence-electron chi connectivity index (χ1n) is 5.40. The molecule has 1 fully saturated rings. The van der Waals surface area contributed by atoms with Crippen LogP contribution in [0.15, 0.2) is 11.4 Å². The Bertz CT molecular complexity index is 307. The summed E-state index contributed by atoms with van der Waals surface area (Å²) in [6.07, 6.45) is 1.17. The summed E-state index contributed by atoms with van der Waals surface area (Å²) >= 11 is 1.72. The van der Waals surface area contributed by atoms with Gasteiger partial charge in [-0.15, -0.1) is 11.3 Å². The van der Waals surface area contributed by atoms with Crippen LogP contribution in [0.5, 0.6) is 0 Å². The topological polar surface area (TPSA) is 47.3 Å². The van der Waals surface area contributed by atoms with E-state index in [9.17, 15) is 0 Å². The third-order valence-electron chi connectivity index (χ3n) is 3.04. The molecule has 2 heterocycles. The van der Waals surface area contributed by atoms with Crippen molar-refractivity contribution in [2.45, 2.75) is 25.9 Å². The summed E-state index contributed by atoms with van der Waals surface area (Å²) in [6.45, 7) is 4.91. The van der Waals surface area contributed by atoms with Gasteiger partial charge in [0.1, 0.15) is 0 Å². The van der Waals surface area contributed by atoms with Gasteiger partial charge in [0.2, 0.25) is 0 Å². The Morgan fingerprint density at radius 1 is 1.73 bits per heavy atom. The van der Waals surface area contributed by atoms with Crippen molar-refractivity contribution in [3.63, 3.8) is 0 Å². The van der Waals surface area contributed by atoms with Gasteiger partial charge in [0, 0.05) is 29.8 Å². The minimum Gasteiger partial charge on any atom is -0.398 e. The van der Waals surface area contributed by atoms with Crippen molar-refractivity contribution in [3.05, 3.63) is 16.3 Å². The van der Waals surface area contributed by atoms with Crippen LogP contribution in [0.1, 0.15) is 18.2 Å². The Kier molecular flexibility index (Phi) is 3.61. The highest BCUT2D eigenvalue weighted by Gasteiger charge is 2.21. The molecule has 84 valence electrons. The van der Waals surface area contributed by atoms with Crippen molar-refractivity contribution in [2.24, 2.45) is 5.92 Å². The van der Waals surface area contributed by atoms with Gasteiger partial charge in [0.05, 0.1) is 6.61 Å². The van der Waals surface area contributed by atoms with Crippen LogP contribution in [-0.4, -0.2) is 19.3 Å². The summed E-state index contributed by atoms with van der Waals surface area (Å²) in [6, 6.07) is 2.47. The Labute approximate surface area is 94.6 Å². The lowest BCUT2D eigenvalue weighted by molar-refractivity contribution is 0.178. The first-order valence-corrected chi connectivity index (χ1v) is 6.28. The van der Waals surface area contributed by atoms with Gasteiger partial charge >= 0.3 is 0 Å². The molecule has 0 spiro atoms. The molecule has 2 atom stereocenters. The van der Waals surface area contributed by atoms with Crippen molar-refractivity contribution < 1.29 is 4.74 Å². The number of nitrogen functional groups attached to an aromatic ring is 1. The molecule has 0 aliphatic carbocycles. The number of hydrogen-bond acceptors (Lipinski definition) is 4. The van der Waals surface area contributed by atoms with E-state index in [1.54, 1.807) is 11.3 Å². The van der Waals surface area contributed by atoms with Gasteiger partial charge in [0.25, 0.3) is 0 Å². The predicted molar refractivity (Wildman–Crippen MR) is 64.0 cm³/mol. The number of nitrogens with one attached hydrogen (secondary N) is 1. The van der Waals surface area contributed by atoms with Crippen LogP contribution in [0.2, 0.25) is 0 Å². The minimum atomic E-state index is 0.508. The summed E-state index contributed by atoms with van der Waals surface area (Å²) < 4.78 is 5.38. The molecule has 0 saturated carbocycles. The maximum atomic E-state index is 5.83. The van der Waals surface area contributed by atoms with E-state index in [0.29, 0.717) is 12.0 Å². The number of thiophene rings is 1. The Balaban J connectivity index is 1.80. The summed E-state index contributed by atoms with van der Waals surface area (Å²) in [4.78, 5) is 1.24. The fourth-order valence-corrected chi connectivity index (χ4v) is 2.61. The molecular formula is C11H18N2OS. The van der Waals surface area contributed by atoms with Gasteiger partial charge in [0.15, 0.2) is 0 Å². The zero-order valence-corrected chi connectivity index (χ0v) is 9.85. The molecule has 1 aliphatic rings. The minimum absolute atomic E-state index is 0.508. The van der Waals surface area contributed by atoms with Crippen LogP contribution in [-0.2, 0) is 11.3 Å². The van der Waals surface area contributed by atoms with Crippen LogP contribution >= 0.6 is 11.3 Å². The number of nitrogens with two attached hydrogens (primary N) is 1. The van der Waals surface area contributed by atoms with Gasteiger partial charge < -0.3 is 15.8 Å². The third kappa shape index (κ3) is 2.71. The monoisotopic (exact) mass is 226 g/mol. The molecule has 2 unspecified atom stereocenters. The van der Waals surface area contributed by atoms with E-state index >= 15 is 0 Å². The lowest BCUT2D eigenvalue weighted by atomic mass is 10.0. The van der Waals surface area contributed by atoms with Gasteiger partial charge in [-0.3, -0.25) is 0 Å². The smallest absolute Gasteiger partial charge is 0.0509 e. The first kappa shape index (κ1) is 10.9. The summed E-state index contributed by atoms with van der Waals surface area (Å²) in [5.74, 6) is 0.659. The van der Waals surface area contributed by atoms with Crippen LogP contribution in [0.4, 0.5) is 5.69 Å². The number of ether oxygens (including phenoxy) is 1. The Hall–Kier alpha value is -0.580. The number of anilines is 1. The quantitative estimate of drug-likeness (QED) is 0.823. The van der Waals surface area contributed by atoms with Crippen LogP contribution in [0.3, 0.4) is 0 Å². The molecule has 0 radical (unpaired) electrons. The molecule has 15 heavy (non-hydrogen) atoms. The fraction of sp³-hybridized carbons (Fsp3) is 0.636. The van der Waals surface area contributed by atoms with Gasteiger partial charge in [-0.05, 0) is 30.7 Å². The maximum Gasteiger partial charge on any atom is 0.0509 e. The third-order valence-corrected chi connectivity index (χ3v) is 3.97. The molecule has 0 bridgehead atoms. The van der Waals surface area contributed by atoms with E-state index in [2.05, 4.69) is 12.2 Å². The molecule has 0 aromatic carbocycles. The van der Waals surface area contributed by atoms with Gasteiger partial charge in [-0.25, -0.2) is 0 Å². The van der Waals surface area contributed by atoms with E-state index in [4.69, 9.17) is 10.5 Å². The van der Waals surface area contributed by atoms with E-state index in [1.165, 1.54) is 11.3 Å². The highest BCUT2D eigenvalue weighted by Crippen LogP contribution is 2.20. The summed E-state index contributed by atoms with van der Waals surface area (Å²) in [7, 11) is 0. The van der Waals surface area contributed by atoms with Crippen molar-refractivity contribution >= 4 is 17.0 Å². The molecule has 3 nitrogen and oxygen atoms in total. The van der Waals surface area contributed by atoms with Gasteiger partial charge in [-0.1, -0.05) is 0 Å². The van der Waals surface area contributed by atoms with E-state index < -0.39 is 0 Å². The normalized spacial score (nSPS) is 23.1. The standard InChI is InChI=1S/C11H18N2OS/c1-8(9-2-4-14-7-9)13-6-11-10(12)3-5-15-11/h3,5,8-9,13H,2,4,6-7,12H2,1H3. The zero-order valence-electron chi connectivity index (χ0n) is 9.03. The largest absolute Gasteiger partial charge is 0.398 e. The van der Waals surface area contributed by atoms with E-state index in [-0.39, 0.29) is 0 Å². The first-order chi connectivity index (χ1) is 7.27. The lowest BCUT2D eigenvalue weighted by Gasteiger charge is -2.18. The summed E-state index contributed by atoms with van der Waals surface area (Å²) in [5, 5.41) is 5.56. The highest BCUT2D eigenvalue weighted by molar-refractivity contribution is 7.10. The molecular weight excluding hydrogens is 208 g/mol. The maximum absolute atomic E-state index is 5.83. The second kappa shape index (κ2) is 4.96. The predicted octanol–water partition coefficient (Wildman–Crippen LogP) is 1.84. The zero-order chi connectivity index (χ0) is 10.7. The highest BCUT2D eigenvalue weighted by atomic mass is 32.1. The SMILES string of the molecule is CC(NCc1sccc1N)C1CCOC1. The average Bonchev–Trinajstić information content (AvgIpc) is 2.85. The second-order valence-electron chi connectivity index (χ2n) is 4.09. The summed E-state index contributed by atoms with van der Waals surface area (Å²) in [5.41, 5.74) is 6.73. The molecule has 1 aromatic heterocycles. The van der Waals surface area contributed by atoms with Crippen LogP contribution in [0, 0.1) is 5.92 Å². The van der Waals surface area contributed by atoms with Crippen molar-refractivity contribution in [2.75, 3.05) is 18.9 Å². The second-order valence-corrected chi connectivity index (χ2v) is 5.09. The number of hydrogen-bond donors (Lipinski definition) is 2. The van der Waals surface area contributed by atoms with E-state index in [0.717, 1.165) is 25.4 Å². The Morgan fingerprint density at radius 3 is 3.20 bits per heavy atom. The number of rotatable bonds is 4. The molecule has 4 heteroatoms. The van der Waals surface area contributed by atoms with Crippen molar-refractivity contribution in [1.82, 2.24) is 5.32 Å². The lowest BCUT2D eigenvalue weighted by Crippen LogP contribution is -2.33. The Morgan fingerprint density at radius 2 is 2.60 bits per heavy atom. The van der Waals surface area contributed by atoms with E-state index in [1.807, 2.05) is 11.4 Å². The molecule has 1 saturated heterocycles. The molecule has 2 rings (SSSR count). The molecule has 1 aromatic rings. The van der Waals surface area contributed by atoms with Crippen molar-refractivity contribution in [1.29, 1.82) is 0 Å². The molecule has 0 amide bonds. The fourth-order valence-electron chi connectivity index (χ4n) is 1.86. The van der Waals surface area contributed by atoms with Crippen LogP contribution < -0.4 is 11.1 Å². The van der Waals surface area contributed by atoms with Crippen molar-refractivity contribution in [3.8, 4) is 0 Å². The molecule has 1 aliphatic heterocycles.